The molecule has 2 amide bonds. The number of rotatable bonds is 3. The molecule has 1 aliphatic heterocycles. The van der Waals surface area contributed by atoms with Gasteiger partial charge in [0.2, 0.25) is 0 Å². The van der Waals surface area contributed by atoms with Crippen molar-refractivity contribution in [2.75, 3.05) is 20.2 Å². The van der Waals surface area contributed by atoms with E-state index in [9.17, 15) is 9.59 Å². The molecule has 144 valence electrons. The van der Waals surface area contributed by atoms with Crippen LogP contribution >= 0.6 is 0 Å². The summed E-state index contributed by atoms with van der Waals surface area (Å²) in [4.78, 5) is 34.4. The Morgan fingerprint density at radius 3 is 2.55 bits per heavy atom. The van der Waals surface area contributed by atoms with E-state index < -0.39 is 0 Å². The zero-order valence-electron chi connectivity index (χ0n) is 15.7. The number of methoxy groups -OCH3 is 1. The third-order valence-corrected chi connectivity index (χ3v) is 4.74. The maximum absolute atomic E-state index is 13.2. The molecule has 4 rings (SSSR count). The van der Waals surface area contributed by atoms with Crippen LogP contribution in [0.1, 0.15) is 33.0 Å². The molecule has 1 saturated heterocycles. The molecular weight excluding hydrogens is 370 g/mol. The Morgan fingerprint density at radius 1 is 1.10 bits per heavy atom. The van der Waals surface area contributed by atoms with Gasteiger partial charge in [-0.2, -0.15) is 5.26 Å². The van der Waals surface area contributed by atoms with Crippen LogP contribution in [-0.4, -0.2) is 52.0 Å². The number of aromatic nitrogens is 2. The predicted octanol–water partition coefficient (Wildman–Crippen LogP) is 2.41. The molecular formula is C21H17N5O3. The van der Waals surface area contributed by atoms with Crippen LogP contribution < -0.4 is 4.74 Å². The molecule has 8 heteroatoms. The van der Waals surface area contributed by atoms with Crippen LogP contribution in [0.3, 0.4) is 0 Å². The summed E-state index contributed by atoms with van der Waals surface area (Å²) in [6, 6.07) is 13.9. The molecule has 0 radical (unpaired) electrons. The van der Waals surface area contributed by atoms with Crippen molar-refractivity contribution in [3.63, 3.8) is 0 Å². The Hall–Kier alpha value is -3.99. The monoisotopic (exact) mass is 387 g/mol. The third-order valence-electron chi connectivity index (χ3n) is 4.74. The van der Waals surface area contributed by atoms with Crippen molar-refractivity contribution in [1.29, 1.82) is 5.26 Å². The standard InChI is InChI=1S/C21H17N5O3/c1-29-19-11-18(24-17-6-3-2-5-16(17)19)21(28)26-10-4-9-25(26)20(27)14-7-8-15(12-22)23-13-14/h2-3,5-8,11,13H,4,9-10H2,1H3. The van der Waals surface area contributed by atoms with Gasteiger partial charge >= 0.3 is 0 Å². The van der Waals surface area contributed by atoms with Crippen LogP contribution in [0.15, 0.2) is 48.7 Å². The van der Waals surface area contributed by atoms with Gasteiger partial charge in [0, 0.05) is 30.7 Å². The van der Waals surface area contributed by atoms with Gasteiger partial charge in [-0.05, 0) is 30.7 Å². The molecule has 3 heterocycles. The third kappa shape index (κ3) is 3.34. The second kappa shape index (κ2) is 7.56. The van der Waals surface area contributed by atoms with Crippen molar-refractivity contribution in [2.45, 2.75) is 6.42 Å². The molecule has 0 aliphatic carbocycles. The summed E-state index contributed by atoms with van der Waals surface area (Å²) in [6.07, 6.45) is 2.01. The molecule has 8 nitrogen and oxygen atoms in total. The average molecular weight is 387 g/mol. The molecule has 1 aliphatic rings. The van der Waals surface area contributed by atoms with Crippen molar-refractivity contribution in [3.8, 4) is 11.8 Å². The zero-order chi connectivity index (χ0) is 20.4. The van der Waals surface area contributed by atoms with Gasteiger partial charge < -0.3 is 4.74 Å². The lowest BCUT2D eigenvalue weighted by molar-refractivity contribution is 0.0182. The van der Waals surface area contributed by atoms with E-state index in [4.69, 9.17) is 10.00 Å². The Kier molecular flexibility index (Phi) is 4.79. The number of ether oxygens (including phenoxy) is 1. The van der Waals surface area contributed by atoms with Crippen molar-refractivity contribution in [3.05, 3.63) is 65.6 Å². The molecule has 0 atom stereocenters. The molecule has 0 bridgehead atoms. The number of pyridine rings is 2. The highest BCUT2D eigenvalue weighted by molar-refractivity contribution is 6.00. The Morgan fingerprint density at radius 2 is 1.86 bits per heavy atom. The van der Waals surface area contributed by atoms with Gasteiger partial charge in [0.25, 0.3) is 11.8 Å². The fourth-order valence-corrected chi connectivity index (χ4v) is 3.32. The number of hydrazine groups is 1. The summed E-state index contributed by atoms with van der Waals surface area (Å²) in [6.45, 7) is 0.820. The van der Waals surface area contributed by atoms with Crippen LogP contribution in [0.5, 0.6) is 5.75 Å². The first kappa shape index (κ1) is 18.4. The van der Waals surface area contributed by atoms with Crippen LogP contribution in [0.2, 0.25) is 0 Å². The van der Waals surface area contributed by atoms with Crippen LogP contribution in [0.4, 0.5) is 0 Å². The number of nitriles is 1. The van der Waals surface area contributed by atoms with Crippen molar-refractivity contribution in [1.82, 2.24) is 20.0 Å². The molecule has 2 aromatic heterocycles. The Balaban J connectivity index is 1.65. The Labute approximate surface area is 166 Å². The first-order valence-electron chi connectivity index (χ1n) is 9.06. The van der Waals surface area contributed by atoms with Crippen LogP contribution in [0, 0.1) is 11.3 Å². The highest BCUT2D eigenvalue weighted by Gasteiger charge is 2.33. The molecule has 1 aromatic carbocycles. The highest BCUT2D eigenvalue weighted by Crippen LogP contribution is 2.26. The van der Waals surface area contributed by atoms with Crippen molar-refractivity contribution >= 4 is 22.7 Å². The van der Waals surface area contributed by atoms with Gasteiger partial charge in [0.15, 0.2) is 0 Å². The number of para-hydroxylation sites is 1. The first-order valence-corrected chi connectivity index (χ1v) is 9.06. The van der Waals surface area contributed by atoms with E-state index in [0.717, 1.165) is 5.39 Å². The van der Waals surface area contributed by atoms with E-state index in [1.54, 1.807) is 13.2 Å². The molecule has 0 saturated carbocycles. The number of nitrogens with zero attached hydrogens (tertiary/aromatic N) is 5. The summed E-state index contributed by atoms with van der Waals surface area (Å²) >= 11 is 0. The maximum Gasteiger partial charge on any atom is 0.291 e. The minimum atomic E-state index is -0.374. The second-order valence-electron chi connectivity index (χ2n) is 6.48. The van der Waals surface area contributed by atoms with Gasteiger partial charge in [-0.1, -0.05) is 12.1 Å². The van der Waals surface area contributed by atoms with E-state index in [-0.39, 0.29) is 23.2 Å². The fourth-order valence-electron chi connectivity index (χ4n) is 3.32. The lowest BCUT2D eigenvalue weighted by Gasteiger charge is -2.27. The van der Waals surface area contributed by atoms with Crippen LogP contribution in [-0.2, 0) is 0 Å². The molecule has 0 spiro atoms. The highest BCUT2D eigenvalue weighted by atomic mass is 16.5. The topological polar surface area (TPSA) is 99.4 Å². The summed E-state index contributed by atoms with van der Waals surface area (Å²) in [5, 5.41) is 12.5. The minimum absolute atomic E-state index is 0.207. The number of benzene rings is 1. The molecule has 0 unspecified atom stereocenters. The van der Waals surface area contributed by atoms with Gasteiger partial charge in [0.1, 0.15) is 23.2 Å². The van der Waals surface area contributed by atoms with Gasteiger partial charge in [-0.25, -0.2) is 20.0 Å². The molecule has 0 N–H and O–H groups in total. The lowest BCUT2D eigenvalue weighted by atomic mass is 10.1. The van der Waals surface area contributed by atoms with Gasteiger partial charge in [-0.3, -0.25) is 9.59 Å². The van der Waals surface area contributed by atoms with Gasteiger partial charge in [-0.15, -0.1) is 0 Å². The Bertz CT molecular complexity index is 1140. The summed E-state index contributed by atoms with van der Waals surface area (Å²) in [5.41, 5.74) is 1.39. The minimum Gasteiger partial charge on any atom is -0.496 e. The SMILES string of the molecule is COc1cc(C(=O)N2CCCN2C(=O)c2ccc(C#N)nc2)nc2ccccc12. The molecule has 1 fully saturated rings. The normalized spacial score (nSPS) is 13.4. The van der Waals surface area contributed by atoms with E-state index in [1.165, 1.54) is 28.3 Å². The number of hydrogen-bond donors (Lipinski definition) is 0. The summed E-state index contributed by atoms with van der Waals surface area (Å²) in [7, 11) is 1.54. The number of amides is 2. The van der Waals surface area contributed by atoms with E-state index in [0.29, 0.717) is 36.3 Å². The van der Waals surface area contributed by atoms with E-state index in [2.05, 4.69) is 9.97 Å². The predicted molar refractivity (Wildman–Crippen MR) is 104 cm³/mol. The zero-order valence-corrected chi connectivity index (χ0v) is 15.7. The summed E-state index contributed by atoms with van der Waals surface area (Å²) < 4.78 is 5.42. The number of carbonyl (C=O) groups is 2. The van der Waals surface area contributed by atoms with E-state index in [1.807, 2.05) is 30.3 Å². The second-order valence-corrected chi connectivity index (χ2v) is 6.48. The van der Waals surface area contributed by atoms with E-state index >= 15 is 0 Å². The summed E-state index contributed by atoms with van der Waals surface area (Å²) in [5.74, 6) is -0.172. The fraction of sp³-hybridized carbons (Fsp3) is 0.190. The number of hydrogen-bond acceptors (Lipinski definition) is 6. The van der Waals surface area contributed by atoms with Crippen LogP contribution in [0.25, 0.3) is 10.9 Å². The quantitative estimate of drug-likeness (QED) is 0.684. The number of carbonyl (C=O) groups excluding carboxylic acids is 2. The average Bonchev–Trinajstić information content (AvgIpc) is 3.27. The smallest absolute Gasteiger partial charge is 0.291 e. The lowest BCUT2D eigenvalue weighted by Crippen LogP contribution is -2.45. The van der Waals surface area contributed by atoms with Crippen molar-refractivity contribution < 1.29 is 14.3 Å². The maximum atomic E-state index is 13.2. The largest absolute Gasteiger partial charge is 0.496 e. The molecule has 3 aromatic rings. The van der Waals surface area contributed by atoms with Crippen molar-refractivity contribution in [2.24, 2.45) is 0 Å². The first-order chi connectivity index (χ1) is 14.1. The molecule has 29 heavy (non-hydrogen) atoms. The van der Waals surface area contributed by atoms with Gasteiger partial charge in [0.05, 0.1) is 18.2 Å². The number of fused-ring (bicyclic) bond motifs is 1.